The average molecular weight is 211 g/mol. The number of halogens is 1. The summed E-state index contributed by atoms with van der Waals surface area (Å²) in [6.07, 6.45) is 1.33. The molecule has 74 valence electrons. The van der Waals surface area contributed by atoms with Crippen molar-refractivity contribution in [2.24, 2.45) is 0 Å². The minimum absolute atomic E-state index is 0.269. The predicted molar refractivity (Wildman–Crippen MR) is 57.0 cm³/mol. The van der Waals surface area contributed by atoms with Crippen LogP contribution in [0.2, 0.25) is 5.02 Å². The van der Waals surface area contributed by atoms with E-state index >= 15 is 0 Å². The lowest BCUT2D eigenvalue weighted by molar-refractivity contribution is 0.244. The van der Waals surface area contributed by atoms with Gasteiger partial charge in [0.15, 0.2) is 0 Å². The van der Waals surface area contributed by atoms with E-state index in [1.165, 1.54) is 6.20 Å². The SMILES string of the molecule is C=CNC(=O)NCc1ccc(Cl)cc1. The second kappa shape index (κ2) is 5.29. The highest BCUT2D eigenvalue weighted by Crippen LogP contribution is 2.08. The molecule has 0 heterocycles. The summed E-state index contributed by atoms with van der Waals surface area (Å²) in [4.78, 5) is 11.0. The first kappa shape index (κ1) is 10.6. The van der Waals surface area contributed by atoms with Gasteiger partial charge in [0.2, 0.25) is 0 Å². The predicted octanol–water partition coefficient (Wildman–Crippen LogP) is 2.28. The zero-order valence-electron chi connectivity index (χ0n) is 7.59. The van der Waals surface area contributed by atoms with E-state index in [2.05, 4.69) is 17.2 Å². The van der Waals surface area contributed by atoms with Crippen molar-refractivity contribution in [1.82, 2.24) is 10.6 Å². The average Bonchev–Trinajstić information content (AvgIpc) is 2.17. The van der Waals surface area contributed by atoms with Gasteiger partial charge in [-0.2, -0.15) is 0 Å². The Hall–Kier alpha value is -1.48. The summed E-state index contributed by atoms with van der Waals surface area (Å²) < 4.78 is 0. The van der Waals surface area contributed by atoms with Gasteiger partial charge in [-0.15, -0.1) is 0 Å². The zero-order chi connectivity index (χ0) is 10.4. The molecule has 3 nitrogen and oxygen atoms in total. The number of carbonyl (C=O) groups is 1. The first-order valence-corrected chi connectivity index (χ1v) is 4.50. The number of hydrogen-bond donors (Lipinski definition) is 2. The normalized spacial score (nSPS) is 9.21. The summed E-state index contributed by atoms with van der Waals surface area (Å²) in [7, 11) is 0. The van der Waals surface area contributed by atoms with E-state index in [4.69, 9.17) is 11.6 Å². The van der Waals surface area contributed by atoms with Crippen LogP contribution < -0.4 is 10.6 Å². The van der Waals surface area contributed by atoms with Gasteiger partial charge >= 0.3 is 6.03 Å². The fourth-order valence-corrected chi connectivity index (χ4v) is 1.05. The largest absolute Gasteiger partial charge is 0.334 e. The van der Waals surface area contributed by atoms with Gasteiger partial charge in [-0.3, -0.25) is 0 Å². The number of rotatable bonds is 3. The maximum atomic E-state index is 11.0. The van der Waals surface area contributed by atoms with Crippen LogP contribution in [0.3, 0.4) is 0 Å². The molecule has 0 unspecified atom stereocenters. The summed E-state index contributed by atoms with van der Waals surface area (Å²) in [5.41, 5.74) is 0.994. The van der Waals surface area contributed by atoms with Crippen LogP contribution in [0.1, 0.15) is 5.56 Å². The van der Waals surface area contributed by atoms with Gasteiger partial charge in [-0.1, -0.05) is 30.3 Å². The van der Waals surface area contributed by atoms with Crippen LogP contribution in [0.5, 0.6) is 0 Å². The van der Waals surface area contributed by atoms with Gasteiger partial charge < -0.3 is 10.6 Å². The molecule has 0 spiro atoms. The Labute approximate surface area is 87.8 Å². The fourth-order valence-electron chi connectivity index (χ4n) is 0.928. The summed E-state index contributed by atoms with van der Waals surface area (Å²) >= 11 is 5.71. The first-order valence-electron chi connectivity index (χ1n) is 4.12. The molecular weight excluding hydrogens is 200 g/mol. The molecule has 2 N–H and O–H groups in total. The van der Waals surface area contributed by atoms with Gasteiger partial charge in [0.25, 0.3) is 0 Å². The Morgan fingerprint density at radius 1 is 1.43 bits per heavy atom. The third-order valence-electron chi connectivity index (χ3n) is 1.60. The Morgan fingerprint density at radius 3 is 2.64 bits per heavy atom. The molecule has 14 heavy (non-hydrogen) atoms. The highest BCUT2D eigenvalue weighted by molar-refractivity contribution is 6.30. The van der Waals surface area contributed by atoms with E-state index in [-0.39, 0.29) is 6.03 Å². The maximum Gasteiger partial charge on any atom is 0.319 e. The lowest BCUT2D eigenvalue weighted by atomic mass is 10.2. The van der Waals surface area contributed by atoms with Gasteiger partial charge in [0, 0.05) is 11.6 Å². The molecule has 0 saturated carbocycles. The fraction of sp³-hybridized carbons (Fsp3) is 0.100. The molecule has 1 rings (SSSR count). The quantitative estimate of drug-likeness (QED) is 0.790. The second-order valence-electron chi connectivity index (χ2n) is 2.66. The standard InChI is InChI=1S/C10H11ClN2O/c1-2-12-10(14)13-7-8-3-5-9(11)6-4-8/h2-6H,1,7H2,(H2,12,13,14). The van der Waals surface area contributed by atoms with Crippen molar-refractivity contribution in [3.05, 3.63) is 47.6 Å². The van der Waals surface area contributed by atoms with Gasteiger partial charge in [0.05, 0.1) is 0 Å². The molecule has 0 aromatic heterocycles. The van der Waals surface area contributed by atoms with Gasteiger partial charge in [0.1, 0.15) is 0 Å². The van der Waals surface area contributed by atoms with E-state index in [0.717, 1.165) is 5.56 Å². The van der Waals surface area contributed by atoms with Crippen molar-refractivity contribution in [2.75, 3.05) is 0 Å². The lowest BCUT2D eigenvalue weighted by Crippen LogP contribution is -2.31. The van der Waals surface area contributed by atoms with Crippen LogP contribution in [0.4, 0.5) is 4.79 Å². The molecule has 4 heteroatoms. The molecule has 0 aliphatic carbocycles. The smallest absolute Gasteiger partial charge is 0.319 e. The minimum Gasteiger partial charge on any atom is -0.334 e. The Morgan fingerprint density at radius 2 is 2.07 bits per heavy atom. The number of nitrogens with one attached hydrogen (secondary N) is 2. The summed E-state index contributed by atoms with van der Waals surface area (Å²) in [5, 5.41) is 5.75. The summed E-state index contributed by atoms with van der Waals surface area (Å²) in [6, 6.07) is 7.01. The third-order valence-corrected chi connectivity index (χ3v) is 1.85. The first-order chi connectivity index (χ1) is 6.72. The number of amides is 2. The van der Waals surface area contributed by atoms with Gasteiger partial charge in [-0.05, 0) is 23.9 Å². The molecule has 0 aliphatic heterocycles. The van der Waals surface area contributed by atoms with Crippen LogP contribution in [-0.4, -0.2) is 6.03 Å². The van der Waals surface area contributed by atoms with Crippen LogP contribution >= 0.6 is 11.6 Å². The van der Waals surface area contributed by atoms with E-state index < -0.39 is 0 Å². The maximum absolute atomic E-state index is 11.0. The number of hydrogen-bond acceptors (Lipinski definition) is 1. The Balaban J connectivity index is 2.41. The highest BCUT2D eigenvalue weighted by atomic mass is 35.5. The van der Waals surface area contributed by atoms with Crippen LogP contribution in [0.15, 0.2) is 37.0 Å². The molecule has 0 atom stereocenters. The molecule has 1 aromatic rings. The van der Waals surface area contributed by atoms with Crippen molar-refractivity contribution < 1.29 is 4.79 Å². The summed E-state index contributed by atoms with van der Waals surface area (Å²) in [6.45, 7) is 3.85. The van der Waals surface area contributed by atoms with Crippen LogP contribution in [0.25, 0.3) is 0 Å². The lowest BCUT2D eigenvalue weighted by Gasteiger charge is -2.04. The molecule has 0 fully saturated rings. The third kappa shape index (κ3) is 3.49. The monoisotopic (exact) mass is 210 g/mol. The molecule has 0 aliphatic rings. The molecule has 0 saturated heterocycles. The van der Waals surface area contributed by atoms with Crippen molar-refractivity contribution in [3.63, 3.8) is 0 Å². The van der Waals surface area contributed by atoms with E-state index in [1.807, 2.05) is 12.1 Å². The molecule has 1 aromatic carbocycles. The Bertz CT molecular complexity index is 321. The molecule has 2 amide bonds. The zero-order valence-corrected chi connectivity index (χ0v) is 8.34. The van der Waals surface area contributed by atoms with Gasteiger partial charge in [-0.25, -0.2) is 4.79 Å². The number of carbonyl (C=O) groups excluding carboxylic acids is 1. The topological polar surface area (TPSA) is 41.1 Å². The molecular formula is C10H11ClN2O. The van der Waals surface area contributed by atoms with E-state index in [9.17, 15) is 4.79 Å². The molecule has 0 bridgehead atoms. The summed E-state index contributed by atoms with van der Waals surface area (Å²) in [5.74, 6) is 0. The van der Waals surface area contributed by atoms with Crippen molar-refractivity contribution in [3.8, 4) is 0 Å². The van der Waals surface area contributed by atoms with Crippen LogP contribution in [0, 0.1) is 0 Å². The highest BCUT2D eigenvalue weighted by Gasteiger charge is 1.96. The number of benzene rings is 1. The molecule has 0 radical (unpaired) electrons. The minimum atomic E-state index is -0.269. The van der Waals surface area contributed by atoms with E-state index in [0.29, 0.717) is 11.6 Å². The number of urea groups is 1. The van der Waals surface area contributed by atoms with Crippen molar-refractivity contribution in [1.29, 1.82) is 0 Å². The van der Waals surface area contributed by atoms with Crippen LogP contribution in [-0.2, 0) is 6.54 Å². The second-order valence-corrected chi connectivity index (χ2v) is 3.09. The van der Waals surface area contributed by atoms with E-state index in [1.54, 1.807) is 12.1 Å². The van der Waals surface area contributed by atoms with Crippen molar-refractivity contribution in [2.45, 2.75) is 6.54 Å². The Kier molecular flexibility index (Phi) is 4.01. The van der Waals surface area contributed by atoms with Crippen molar-refractivity contribution >= 4 is 17.6 Å².